The molecular formula is C10H7BrClNO2. The standard InChI is InChI=1S/C10H7BrClNO2/c1-15-10(14)6-5-13-7(9(6)11)3-2-4-8(13)12/h2-5H,1H3. The molecule has 0 aromatic carbocycles. The Kier molecular flexibility index (Phi) is 2.71. The number of ether oxygens (including phenoxy) is 1. The fourth-order valence-corrected chi connectivity index (χ4v) is 2.18. The summed E-state index contributed by atoms with van der Waals surface area (Å²) in [5, 5.41) is 0.545. The van der Waals surface area contributed by atoms with E-state index in [-0.39, 0.29) is 5.97 Å². The Morgan fingerprint density at radius 2 is 2.27 bits per heavy atom. The number of hydrogen-bond acceptors (Lipinski definition) is 2. The number of esters is 1. The largest absolute Gasteiger partial charge is 0.465 e. The monoisotopic (exact) mass is 287 g/mol. The van der Waals surface area contributed by atoms with Crippen molar-refractivity contribution in [3.63, 3.8) is 0 Å². The van der Waals surface area contributed by atoms with Gasteiger partial charge in [-0.15, -0.1) is 0 Å². The molecular weight excluding hydrogens is 281 g/mol. The second-order valence-electron chi connectivity index (χ2n) is 2.95. The van der Waals surface area contributed by atoms with Crippen LogP contribution in [0.3, 0.4) is 0 Å². The molecule has 2 aromatic rings. The topological polar surface area (TPSA) is 30.7 Å². The smallest absolute Gasteiger partial charge is 0.340 e. The summed E-state index contributed by atoms with van der Waals surface area (Å²) in [6.45, 7) is 0. The van der Waals surface area contributed by atoms with Gasteiger partial charge in [0, 0.05) is 6.20 Å². The number of carbonyl (C=O) groups is 1. The van der Waals surface area contributed by atoms with Gasteiger partial charge in [-0.1, -0.05) is 17.7 Å². The van der Waals surface area contributed by atoms with E-state index in [1.165, 1.54) is 7.11 Å². The van der Waals surface area contributed by atoms with E-state index in [2.05, 4.69) is 20.7 Å². The molecule has 0 N–H and O–H groups in total. The van der Waals surface area contributed by atoms with E-state index in [4.69, 9.17) is 11.6 Å². The highest BCUT2D eigenvalue weighted by molar-refractivity contribution is 9.10. The van der Waals surface area contributed by atoms with Crippen molar-refractivity contribution in [2.75, 3.05) is 7.11 Å². The van der Waals surface area contributed by atoms with Gasteiger partial charge in [0.05, 0.1) is 22.7 Å². The molecule has 0 radical (unpaired) electrons. The third kappa shape index (κ3) is 1.64. The average Bonchev–Trinajstić information content (AvgIpc) is 2.57. The van der Waals surface area contributed by atoms with Crippen LogP contribution in [-0.4, -0.2) is 17.5 Å². The van der Waals surface area contributed by atoms with Crippen molar-refractivity contribution in [1.82, 2.24) is 4.40 Å². The van der Waals surface area contributed by atoms with Crippen LogP contribution in [0.25, 0.3) is 5.52 Å². The molecule has 0 bridgehead atoms. The molecule has 0 spiro atoms. The number of rotatable bonds is 1. The van der Waals surface area contributed by atoms with Gasteiger partial charge in [0.25, 0.3) is 0 Å². The molecule has 3 nitrogen and oxygen atoms in total. The lowest BCUT2D eigenvalue weighted by atomic mass is 10.3. The van der Waals surface area contributed by atoms with Gasteiger partial charge < -0.3 is 9.14 Å². The second kappa shape index (κ2) is 3.87. The van der Waals surface area contributed by atoms with E-state index in [1.807, 2.05) is 12.1 Å². The minimum atomic E-state index is -0.387. The van der Waals surface area contributed by atoms with Gasteiger partial charge in [-0.2, -0.15) is 0 Å². The van der Waals surface area contributed by atoms with Gasteiger partial charge in [-0.3, -0.25) is 0 Å². The van der Waals surface area contributed by atoms with Crippen LogP contribution in [0.2, 0.25) is 5.15 Å². The SMILES string of the molecule is COC(=O)c1cn2c(Cl)cccc2c1Br. The molecule has 2 heterocycles. The lowest BCUT2D eigenvalue weighted by Gasteiger charge is -1.96. The van der Waals surface area contributed by atoms with Crippen LogP contribution >= 0.6 is 27.5 Å². The van der Waals surface area contributed by atoms with Crippen LogP contribution in [0.1, 0.15) is 10.4 Å². The van der Waals surface area contributed by atoms with Crippen molar-refractivity contribution >= 4 is 39.0 Å². The third-order valence-corrected chi connectivity index (χ3v) is 3.24. The molecule has 78 valence electrons. The molecule has 0 atom stereocenters. The fraction of sp³-hybridized carbons (Fsp3) is 0.100. The van der Waals surface area contributed by atoms with E-state index in [0.29, 0.717) is 15.2 Å². The van der Waals surface area contributed by atoms with Crippen molar-refractivity contribution in [3.05, 3.63) is 39.6 Å². The molecule has 0 unspecified atom stereocenters. The Balaban J connectivity index is 2.75. The average molecular weight is 289 g/mol. The molecule has 0 aliphatic carbocycles. The van der Waals surface area contributed by atoms with E-state index >= 15 is 0 Å². The zero-order chi connectivity index (χ0) is 11.0. The predicted molar refractivity (Wildman–Crippen MR) is 61.4 cm³/mol. The zero-order valence-corrected chi connectivity index (χ0v) is 10.2. The van der Waals surface area contributed by atoms with Crippen LogP contribution in [0.15, 0.2) is 28.9 Å². The maximum atomic E-state index is 11.4. The minimum absolute atomic E-state index is 0.387. The van der Waals surface area contributed by atoms with Gasteiger partial charge in [0.1, 0.15) is 5.15 Å². The Labute approximate surface area is 99.7 Å². The normalized spacial score (nSPS) is 10.6. The summed E-state index contributed by atoms with van der Waals surface area (Å²) in [5.74, 6) is -0.387. The van der Waals surface area contributed by atoms with E-state index < -0.39 is 0 Å². The molecule has 0 amide bonds. The summed E-state index contributed by atoms with van der Waals surface area (Å²) in [6.07, 6.45) is 1.65. The van der Waals surface area contributed by atoms with Crippen molar-refractivity contribution < 1.29 is 9.53 Å². The van der Waals surface area contributed by atoms with E-state index in [0.717, 1.165) is 5.52 Å². The Hall–Kier alpha value is -1.00. The molecule has 2 aromatic heterocycles. The molecule has 5 heteroatoms. The van der Waals surface area contributed by atoms with Gasteiger partial charge >= 0.3 is 5.97 Å². The Morgan fingerprint density at radius 3 is 2.87 bits per heavy atom. The Morgan fingerprint density at radius 1 is 1.53 bits per heavy atom. The number of carbonyl (C=O) groups excluding carboxylic acids is 1. The highest BCUT2D eigenvalue weighted by Gasteiger charge is 2.16. The van der Waals surface area contributed by atoms with Gasteiger partial charge in [0.2, 0.25) is 0 Å². The van der Waals surface area contributed by atoms with Crippen LogP contribution in [0.4, 0.5) is 0 Å². The van der Waals surface area contributed by atoms with Crippen LogP contribution < -0.4 is 0 Å². The summed E-state index contributed by atoms with van der Waals surface area (Å²) in [5.41, 5.74) is 1.30. The maximum Gasteiger partial charge on any atom is 0.340 e. The molecule has 2 rings (SSSR count). The lowest BCUT2D eigenvalue weighted by Crippen LogP contribution is -1.99. The molecule has 0 fully saturated rings. The first-order valence-electron chi connectivity index (χ1n) is 4.18. The van der Waals surface area contributed by atoms with Crippen molar-refractivity contribution in [2.45, 2.75) is 0 Å². The lowest BCUT2D eigenvalue weighted by molar-refractivity contribution is 0.0600. The highest BCUT2D eigenvalue weighted by Crippen LogP contribution is 2.27. The third-order valence-electron chi connectivity index (χ3n) is 2.10. The number of aromatic nitrogens is 1. The van der Waals surface area contributed by atoms with Gasteiger partial charge in [0.15, 0.2) is 0 Å². The van der Waals surface area contributed by atoms with E-state index in [9.17, 15) is 4.79 Å². The number of nitrogens with zero attached hydrogens (tertiary/aromatic N) is 1. The number of fused-ring (bicyclic) bond motifs is 1. The summed E-state index contributed by atoms with van der Waals surface area (Å²) >= 11 is 9.33. The summed E-state index contributed by atoms with van der Waals surface area (Å²) < 4.78 is 7.07. The number of methoxy groups -OCH3 is 1. The fourth-order valence-electron chi connectivity index (χ4n) is 1.38. The van der Waals surface area contributed by atoms with Crippen LogP contribution in [0, 0.1) is 0 Å². The Bertz CT molecular complexity index is 535. The van der Waals surface area contributed by atoms with Gasteiger partial charge in [-0.05, 0) is 28.1 Å². The molecule has 0 aliphatic heterocycles. The highest BCUT2D eigenvalue weighted by atomic mass is 79.9. The predicted octanol–water partition coefficient (Wildman–Crippen LogP) is 3.14. The van der Waals surface area contributed by atoms with E-state index in [1.54, 1.807) is 16.7 Å². The molecule has 15 heavy (non-hydrogen) atoms. The first-order chi connectivity index (χ1) is 7.15. The maximum absolute atomic E-state index is 11.4. The number of halogens is 2. The first kappa shape index (κ1) is 10.5. The molecule has 0 saturated carbocycles. The number of pyridine rings is 1. The number of hydrogen-bond donors (Lipinski definition) is 0. The minimum Gasteiger partial charge on any atom is -0.465 e. The second-order valence-corrected chi connectivity index (χ2v) is 4.13. The summed E-state index contributed by atoms with van der Waals surface area (Å²) in [6, 6.07) is 5.44. The first-order valence-corrected chi connectivity index (χ1v) is 5.35. The summed E-state index contributed by atoms with van der Waals surface area (Å²) in [4.78, 5) is 11.4. The van der Waals surface area contributed by atoms with Crippen molar-refractivity contribution in [2.24, 2.45) is 0 Å². The molecule has 0 aliphatic rings. The van der Waals surface area contributed by atoms with Gasteiger partial charge in [-0.25, -0.2) is 4.79 Å². The van der Waals surface area contributed by atoms with Crippen molar-refractivity contribution in [3.8, 4) is 0 Å². The zero-order valence-electron chi connectivity index (χ0n) is 7.83. The summed E-state index contributed by atoms with van der Waals surface area (Å²) in [7, 11) is 1.35. The van der Waals surface area contributed by atoms with Crippen LogP contribution in [0.5, 0.6) is 0 Å². The van der Waals surface area contributed by atoms with Crippen LogP contribution in [-0.2, 0) is 4.74 Å². The van der Waals surface area contributed by atoms with Crippen molar-refractivity contribution in [1.29, 1.82) is 0 Å². The molecule has 0 saturated heterocycles. The quantitative estimate of drug-likeness (QED) is 0.596.